The number of nitrogens with one attached hydrogen (secondary N) is 1. The summed E-state index contributed by atoms with van der Waals surface area (Å²) in [6.45, 7) is 2.95. The summed E-state index contributed by atoms with van der Waals surface area (Å²) in [6.07, 6.45) is 1.20. The minimum Gasteiger partial charge on any atom is -0.482 e. The van der Waals surface area contributed by atoms with Gasteiger partial charge in [-0.1, -0.05) is 42.5 Å². The summed E-state index contributed by atoms with van der Waals surface area (Å²) in [6, 6.07) is 17.0. The van der Waals surface area contributed by atoms with Gasteiger partial charge in [-0.25, -0.2) is 0 Å². The Kier molecular flexibility index (Phi) is 3.55. The Morgan fingerprint density at radius 3 is 2.78 bits per heavy atom. The third-order valence-electron chi connectivity index (χ3n) is 4.90. The van der Waals surface area contributed by atoms with Crippen LogP contribution in [0.15, 0.2) is 48.5 Å². The van der Waals surface area contributed by atoms with Gasteiger partial charge in [0.25, 0.3) is 0 Å². The second kappa shape index (κ2) is 5.59. The highest BCUT2D eigenvalue weighted by Crippen LogP contribution is 2.40. The van der Waals surface area contributed by atoms with Crippen LogP contribution in [0, 0.1) is 0 Å². The van der Waals surface area contributed by atoms with Crippen LogP contribution in [0.2, 0.25) is 0 Å². The lowest BCUT2D eigenvalue weighted by Gasteiger charge is -2.28. The Hall–Kier alpha value is -1.97. The zero-order chi connectivity index (χ0) is 14.5. The molecule has 0 spiro atoms. The van der Waals surface area contributed by atoms with Crippen molar-refractivity contribution in [2.24, 2.45) is 0 Å². The molecule has 0 amide bonds. The molecule has 1 atom stereocenters. The second-order valence-electron chi connectivity index (χ2n) is 6.13. The Balaban J connectivity index is 0.00000135. The van der Waals surface area contributed by atoms with Crippen LogP contribution in [0.5, 0.6) is 5.75 Å². The van der Waals surface area contributed by atoms with Crippen molar-refractivity contribution in [2.45, 2.75) is 25.6 Å². The summed E-state index contributed by atoms with van der Waals surface area (Å²) < 4.78 is 8.83. The summed E-state index contributed by atoms with van der Waals surface area (Å²) >= 11 is 0. The van der Waals surface area contributed by atoms with Gasteiger partial charge in [0.1, 0.15) is 11.9 Å². The van der Waals surface area contributed by atoms with Crippen molar-refractivity contribution < 1.29 is 4.74 Å². The number of nitrogens with zero attached hydrogens (tertiary/aromatic N) is 1. The smallest absolute Gasteiger partial charge is 0.144 e. The van der Waals surface area contributed by atoms with Crippen LogP contribution in [0.25, 0.3) is 10.9 Å². The molecule has 3 heterocycles. The molecule has 0 fully saturated rings. The molecule has 2 aliphatic rings. The third-order valence-corrected chi connectivity index (χ3v) is 4.90. The van der Waals surface area contributed by atoms with Crippen molar-refractivity contribution in [2.75, 3.05) is 6.54 Å². The van der Waals surface area contributed by atoms with Crippen molar-refractivity contribution >= 4 is 23.3 Å². The number of para-hydroxylation sites is 1. The molecule has 5 rings (SSSR count). The molecule has 0 radical (unpaired) electrons. The molecule has 118 valence electrons. The van der Waals surface area contributed by atoms with Crippen LogP contribution in [0.3, 0.4) is 0 Å². The first kappa shape index (κ1) is 14.6. The summed E-state index contributed by atoms with van der Waals surface area (Å²) in [5.74, 6) is 1.02. The maximum atomic E-state index is 6.33. The van der Waals surface area contributed by atoms with Gasteiger partial charge in [-0.05, 0) is 17.2 Å². The van der Waals surface area contributed by atoms with Crippen molar-refractivity contribution in [3.8, 4) is 5.75 Å². The molecule has 1 N–H and O–H groups in total. The molecular weight excluding hydrogens is 308 g/mol. The topological polar surface area (TPSA) is 26.2 Å². The van der Waals surface area contributed by atoms with Crippen LogP contribution >= 0.6 is 12.4 Å². The summed E-state index contributed by atoms with van der Waals surface area (Å²) in [5.41, 5.74) is 5.48. The first-order chi connectivity index (χ1) is 10.9. The van der Waals surface area contributed by atoms with E-state index in [2.05, 4.69) is 58.4 Å². The van der Waals surface area contributed by atoms with E-state index in [1.54, 1.807) is 0 Å². The molecule has 1 aromatic heterocycles. The maximum absolute atomic E-state index is 6.33. The van der Waals surface area contributed by atoms with Crippen molar-refractivity contribution in [1.29, 1.82) is 0 Å². The highest BCUT2D eigenvalue weighted by Gasteiger charge is 2.28. The molecular formula is C19H19ClN2O. The van der Waals surface area contributed by atoms with E-state index in [0.717, 1.165) is 31.8 Å². The van der Waals surface area contributed by atoms with E-state index >= 15 is 0 Å². The van der Waals surface area contributed by atoms with Gasteiger partial charge in [0, 0.05) is 30.6 Å². The average Bonchev–Trinajstić information content (AvgIpc) is 2.92. The van der Waals surface area contributed by atoms with Gasteiger partial charge in [0.15, 0.2) is 0 Å². The number of aromatic nitrogens is 1. The lowest BCUT2D eigenvalue weighted by molar-refractivity contribution is 0.172. The molecule has 1 unspecified atom stereocenters. The Morgan fingerprint density at radius 1 is 1.04 bits per heavy atom. The second-order valence-corrected chi connectivity index (χ2v) is 6.13. The molecule has 0 aliphatic carbocycles. The number of halogens is 1. The Morgan fingerprint density at radius 2 is 1.91 bits per heavy atom. The normalized spacial score (nSPS) is 18.9. The van der Waals surface area contributed by atoms with Gasteiger partial charge in [-0.15, -0.1) is 12.4 Å². The van der Waals surface area contributed by atoms with Crippen molar-refractivity contribution in [3.63, 3.8) is 0 Å². The van der Waals surface area contributed by atoms with Gasteiger partial charge in [0.05, 0.1) is 12.1 Å². The molecule has 3 nitrogen and oxygen atoms in total. The minimum absolute atomic E-state index is 0. The Bertz CT molecular complexity index is 857. The zero-order valence-electron chi connectivity index (χ0n) is 12.8. The van der Waals surface area contributed by atoms with Crippen LogP contribution < -0.4 is 10.1 Å². The van der Waals surface area contributed by atoms with E-state index in [9.17, 15) is 0 Å². The largest absolute Gasteiger partial charge is 0.482 e. The number of fused-ring (bicyclic) bond motifs is 3. The lowest BCUT2D eigenvalue weighted by Crippen LogP contribution is -2.27. The molecule has 0 saturated heterocycles. The predicted octanol–water partition coefficient (Wildman–Crippen LogP) is 3.84. The molecule has 0 saturated carbocycles. The van der Waals surface area contributed by atoms with Crippen molar-refractivity contribution in [1.82, 2.24) is 9.88 Å². The fraction of sp³-hybridized carbons (Fsp3) is 0.263. The standard InChI is InChI=1S/C19H18N2O.ClH/c1-2-5-13(6-3-1)18-12-21-16-9-10-20-11-15(16)14-7-4-8-17(22-18)19(14)21;/h1-8,18,20H,9-12H2;1H. The van der Waals surface area contributed by atoms with Gasteiger partial charge in [-0.3, -0.25) is 0 Å². The van der Waals surface area contributed by atoms with Crippen LogP contribution in [0.1, 0.15) is 22.9 Å². The molecule has 4 heteroatoms. The van der Waals surface area contributed by atoms with Gasteiger partial charge >= 0.3 is 0 Å². The van der Waals surface area contributed by atoms with Gasteiger partial charge < -0.3 is 14.6 Å². The quantitative estimate of drug-likeness (QED) is 0.735. The van der Waals surface area contributed by atoms with Gasteiger partial charge in [0.2, 0.25) is 0 Å². The van der Waals surface area contributed by atoms with Crippen LogP contribution in [-0.2, 0) is 19.5 Å². The highest BCUT2D eigenvalue weighted by atomic mass is 35.5. The van der Waals surface area contributed by atoms with E-state index in [4.69, 9.17) is 4.74 Å². The highest BCUT2D eigenvalue weighted by molar-refractivity contribution is 5.91. The number of rotatable bonds is 1. The monoisotopic (exact) mass is 326 g/mol. The number of ether oxygens (including phenoxy) is 1. The Labute approximate surface area is 141 Å². The van der Waals surface area contributed by atoms with Gasteiger partial charge in [-0.2, -0.15) is 0 Å². The molecule has 2 aliphatic heterocycles. The van der Waals surface area contributed by atoms with E-state index in [1.807, 2.05) is 0 Å². The maximum Gasteiger partial charge on any atom is 0.144 e. The lowest BCUT2D eigenvalue weighted by atomic mass is 10.1. The van der Waals surface area contributed by atoms with E-state index in [1.165, 1.54) is 27.7 Å². The molecule has 23 heavy (non-hydrogen) atoms. The van der Waals surface area contributed by atoms with Crippen LogP contribution in [0.4, 0.5) is 0 Å². The molecule has 3 aromatic rings. The molecule has 2 aromatic carbocycles. The van der Waals surface area contributed by atoms with E-state index in [0.29, 0.717) is 0 Å². The van der Waals surface area contributed by atoms with Crippen molar-refractivity contribution in [3.05, 3.63) is 65.4 Å². The number of hydrogen-bond acceptors (Lipinski definition) is 2. The first-order valence-corrected chi connectivity index (χ1v) is 7.97. The predicted molar refractivity (Wildman–Crippen MR) is 94.4 cm³/mol. The third kappa shape index (κ3) is 2.15. The minimum atomic E-state index is 0. The average molecular weight is 327 g/mol. The summed E-state index contributed by atoms with van der Waals surface area (Å²) in [4.78, 5) is 0. The first-order valence-electron chi connectivity index (χ1n) is 7.97. The number of benzene rings is 2. The van der Waals surface area contributed by atoms with E-state index in [-0.39, 0.29) is 18.5 Å². The fourth-order valence-corrected chi connectivity index (χ4v) is 3.89. The SMILES string of the molecule is Cl.c1ccc(C2Cn3c4c(c5cccc(c53)O2)CNCC4)cc1. The molecule has 0 bridgehead atoms. The summed E-state index contributed by atoms with van der Waals surface area (Å²) in [5, 5.41) is 4.85. The fourth-order valence-electron chi connectivity index (χ4n) is 3.89. The number of hydrogen-bond donors (Lipinski definition) is 1. The zero-order valence-corrected chi connectivity index (χ0v) is 13.6. The summed E-state index contributed by atoms with van der Waals surface area (Å²) in [7, 11) is 0. The van der Waals surface area contributed by atoms with E-state index < -0.39 is 0 Å². The van der Waals surface area contributed by atoms with Crippen LogP contribution in [-0.4, -0.2) is 11.1 Å².